The van der Waals surface area contributed by atoms with E-state index in [0.717, 1.165) is 30.3 Å². The third-order valence-electron chi connectivity index (χ3n) is 3.99. The van der Waals surface area contributed by atoms with Gasteiger partial charge in [0, 0.05) is 29.2 Å². The standard InChI is InChI=1S/C16H20N2O2.ClH/c1-2-20-16(19)9-13-12-5-3-4-6-14(12)18-10-11(17)7-8-15(13)18;/h3-6,11H,2,7-10,17H2,1H3;1H/t11-;/m1./s1. The zero-order valence-corrected chi connectivity index (χ0v) is 13.0. The number of fused-ring (bicyclic) bond motifs is 3. The Morgan fingerprint density at radius 2 is 2.19 bits per heavy atom. The molecule has 1 aromatic heterocycles. The van der Waals surface area contributed by atoms with Gasteiger partial charge in [-0.05, 0) is 31.4 Å². The number of ether oxygens (including phenoxy) is 1. The van der Waals surface area contributed by atoms with Gasteiger partial charge in [-0.25, -0.2) is 0 Å². The molecule has 1 aromatic carbocycles. The largest absolute Gasteiger partial charge is 0.466 e. The topological polar surface area (TPSA) is 57.2 Å². The number of carbonyl (C=O) groups is 1. The normalized spacial score (nSPS) is 17.1. The number of carbonyl (C=O) groups excluding carboxylic acids is 1. The van der Waals surface area contributed by atoms with E-state index in [9.17, 15) is 4.79 Å². The summed E-state index contributed by atoms with van der Waals surface area (Å²) in [7, 11) is 0. The highest BCUT2D eigenvalue weighted by molar-refractivity contribution is 5.89. The lowest BCUT2D eigenvalue weighted by Crippen LogP contribution is -2.32. The predicted octanol–water partition coefficient (Wildman–Crippen LogP) is 2.44. The Labute approximate surface area is 130 Å². The fourth-order valence-electron chi connectivity index (χ4n) is 3.12. The molecule has 2 heterocycles. The van der Waals surface area contributed by atoms with Crippen LogP contribution in [0.5, 0.6) is 0 Å². The van der Waals surface area contributed by atoms with Crippen molar-refractivity contribution in [2.45, 2.75) is 38.8 Å². The van der Waals surface area contributed by atoms with Gasteiger partial charge in [0.25, 0.3) is 0 Å². The fraction of sp³-hybridized carbons (Fsp3) is 0.438. The highest BCUT2D eigenvalue weighted by Crippen LogP contribution is 2.31. The number of hydrogen-bond donors (Lipinski definition) is 1. The zero-order valence-electron chi connectivity index (χ0n) is 12.2. The molecule has 2 N–H and O–H groups in total. The first-order valence-corrected chi connectivity index (χ1v) is 7.21. The third kappa shape index (κ3) is 2.92. The number of nitrogens with zero attached hydrogens (tertiary/aromatic N) is 1. The van der Waals surface area contributed by atoms with Gasteiger partial charge in [-0.3, -0.25) is 4.79 Å². The first-order valence-electron chi connectivity index (χ1n) is 7.21. The smallest absolute Gasteiger partial charge is 0.310 e. The molecule has 0 spiro atoms. The van der Waals surface area contributed by atoms with Crippen LogP contribution in [-0.2, 0) is 28.9 Å². The number of benzene rings is 1. The van der Waals surface area contributed by atoms with Crippen LogP contribution in [0.3, 0.4) is 0 Å². The summed E-state index contributed by atoms with van der Waals surface area (Å²) < 4.78 is 7.38. The van der Waals surface area contributed by atoms with Crippen LogP contribution in [0.25, 0.3) is 10.9 Å². The van der Waals surface area contributed by atoms with Gasteiger partial charge in [-0.2, -0.15) is 0 Å². The van der Waals surface area contributed by atoms with E-state index in [1.807, 2.05) is 19.1 Å². The Bertz CT molecular complexity index is 651. The second kappa shape index (κ2) is 6.50. The molecular weight excluding hydrogens is 288 g/mol. The average Bonchev–Trinajstić information content (AvgIpc) is 2.74. The maximum Gasteiger partial charge on any atom is 0.310 e. The second-order valence-electron chi connectivity index (χ2n) is 5.33. The van der Waals surface area contributed by atoms with E-state index >= 15 is 0 Å². The predicted molar refractivity (Wildman–Crippen MR) is 85.8 cm³/mol. The maximum atomic E-state index is 11.8. The van der Waals surface area contributed by atoms with E-state index in [2.05, 4.69) is 16.7 Å². The first kappa shape index (κ1) is 15.9. The molecule has 2 aromatic rings. The molecular formula is C16H21ClN2O2. The number of rotatable bonds is 3. The summed E-state index contributed by atoms with van der Waals surface area (Å²) in [5, 5.41) is 1.16. The van der Waals surface area contributed by atoms with Crippen LogP contribution >= 0.6 is 12.4 Å². The number of hydrogen-bond acceptors (Lipinski definition) is 3. The minimum absolute atomic E-state index is 0. The fourth-order valence-corrected chi connectivity index (χ4v) is 3.12. The molecule has 0 fully saturated rings. The van der Waals surface area contributed by atoms with Crippen molar-refractivity contribution in [2.24, 2.45) is 5.73 Å². The van der Waals surface area contributed by atoms with Gasteiger partial charge in [0.05, 0.1) is 13.0 Å². The Morgan fingerprint density at radius 3 is 2.95 bits per heavy atom. The summed E-state index contributed by atoms with van der Waals surface area (Å²) in [6.07, 6.45) is 2.27. The van der Waals surface area contributed by atoms with Crippen molar-refractivity contribution in [3.8, 4) is 0 Å². The maximum absolute atomic E-state index is 11.8. The summed E-state index contributed by atoms with van der Waals surface area (Å²) in [4.78, 5) is 11.8. The molecule has 0 amide bonds. The molecule has 114 valence electrons. The van der Waals surface area contributed by atoms with Gasteiger partial charge in [-0.1, -0.05) is 18.2 Å². The molecule has 1 aliphatic rings. The molecule has 21 heavy (non-hydrogen) atoms. The third-order valence-corrected chi connectivity index (χ3v) is 3.99. The molecule has 1 atom stereocenters. The van der Waals surface area contributed by atoms with Crippen LogP contribution in [0.4, 0.5) is 0 Å². The summed E-state index contributed by atoms with van der Waals surface area (Å²) in [5.74, 6) is -0.151. The zero-order chi connectivity index (χ0) is 14.1. The summed E-state index contributed by atoms with van der Waals surface area (Å²) in [5.41, 5.74) is 9.63. The number of halogens is 1. The molecule has 0 unspecified atom stereocenters. The van der Waals surface area contributed by atoms with Crippen LogP contribution in [0.1, 0.15) is 24.6 Å². The lowest BCUT2D eigenvalue weighted by atomic mass is 10.0. The van der Waals surface area contributed by atoms with Gasteiger partial charge in [0.2, 0.25) is 0 Å². The summed E-state index contributed by atoms with van der Waals surface area (Å²) in [6, 6.07) is 8.44. The van der Waals surface area contributed by atoms with E-state index in [0.29, 0.717) is 13.0 Å². The number of para-hydroxylation sites is 1. The first-order chi connectivity index (χ1) is 9.70. The van der Waals surface area contributed by atoms with E-state index in [1.54, 1.807) is 0 Å². The number of aromatic nitrogens is 1. The van der Waals surface area contributed by atoms with E-state index < -0.39 is 0 Å². The van der Waals surface area contributed by atoms with Crippen molar-refractivity contribution in [2.75, 3.05) is 6.61 Å². The number of esters is 1. The highest BCUT2D eigenvalue weighted by atomic mass is 35.5. The van der Waals surface area contributed by atoms with Crippen molar-refractivity contribution in [3.63, 3.8) is 0 Å². The van der Waals surface area contributed by atoms with Gasteiger partial charge in [0.1, 0.15) is 0 Å². The molecule has 3 rings (SSSR count). The molecule has 1 aliphatic heterocycles. The Hall–Kier alpha value is -1.52. The van der Waals surface area contributed by atoms with Crippen molar-refractivity contribution in [1.82, 2.24) is 4.57 Å². The lowest BCUT2D eigenvalue weighted by molar-refractivity contribution is -0.142. The number of nitrogens with two attached hydrogens (primary N) is 1. The van der Waals surface area contributed by atoms with Crippen molar-refractivity contribution in [1.29, 1.82) is 0 Å². The van der Waals surface area contributed by atoms with Gasteiger partial charge >= 0.3 is 5.97 Å². The van der Waals surface area contributed by atoms with Crippen LogP contribution < -0.4 is 5.73 Å². The van der Waals surface area contributed by atoms with E-state index in [1.165, 1.54) is 11.2 Å². The lowest BCUT2D eigenvalue weighted by Gasteiger charge is -2.23. The highest BCUT2D eigenvalue weighted by Gasteiger charge is 2.24. The van der Waals surface area contributed by atoms with Crippen molar-refractivity contribution < 1.29 is 9.53 Å². The van der Waals surface area contributed by atoms with Gasteiger partial charge in [-0.15, -0.1) is 12.4 Å². The van der Waals surface area contributed by atoms with E-state index in [-0.39, 0.29) is 24.4 Å². The molecule has 4 nitrogen and oxygen atoms in total. The minimum Gasteiger partial charge on any atom is -0.466 e. The molecule has 0 aliphatic carbocycles. The molecule has 0 bridgehead atoms. The van der Waals surface area contributed by atoms with Gasteiger partial charge in [0.15, 0.2) is 0 Å². The SMILES string of the molecule is CCOC(=O)Cc1c2n(c3ccccc13)C[C@H](N)CC2.Cl. The van der Waals surface area contributed by atoms with Crippen molar-refractivity contribution in [3.05, 3.63) is 35.5 Å². The summed E-state index contributed by atoms with van der Waals surface area (Å²) >= 11 is 0. The molecule has 0 saturated heterocycles. The Balaban J connectivity index is 0.00000161. The monoisotopic (exact) mass is 308 g/mol. The molecule has 0 saturated carbocycles. The molecule has 0 radical (unpaired) electrons. The Kier molecular flexibility index (Phi) is 4.91. The van der Waals surface area contributed by atoms with Crippen LogP contribution in [0, 0.1) is 0 Å². The van der Waals surface area contributed by atoms with Crippen LogP contribution in [-0.4, -0.2) is 23.2 Å². The summed E-state index contributed by atoms with van der Waals surface area (Å²) in [6.45, 7) is 3.10. The van der Waals surface area contributed by atoms with Crippen molar-refractivity contribution >= 4 is 29.3 Å². The van der Waals surface area contributed by atoms with Gasteiger partial charge < -0.3 is 15.0 Å². The molecule has 5 heteroatoms. The Morgan fingerprint density at radius 1 is 1.43 bits per heavy atom. The average molecular weight is 309 g/mol. The van der Waals surface area contributed by atoms with E-state index in [4.69, 9.17) is 10.5 Å². The quantitative estimate of drug-likeness (QED) is 0.886. The second-order valence-corrected chi connectivity index (χ2v) is 5.33. The van der Waals surface area contributed by atoms with Crippen LogP contribution in [0.15, 0.2) is 24.3 Å². The van der Waals surface area contributed by atoms with Crippen LogP contribution in [0.2, 0.25) is 0 Å². The minimum atomic E-state index is -0.151.